The molecule has 6 nitrogen and oxygen atoms in total. The first-order chi connectivity index (χ1) is 13.7. The summed E-state index contributed by atoms with van der Waals surface area (Å²) in [6.07, 6.45) is 2.75. The second-order valence-corrected chi connectivity index (χ2v) is 9.18. The van der Waals surface area contributed by atoms with E-state index in [4.69, 9.17) is 9.47 Å². The number of ether oxygens (including phenoxy) is 2. The minimum Gasteiger partial charge on any atom is -0.494 e. The SMILES string of the molecule is Cc1ccc(OCCCC(=O)N2CC[C@@H]3[C@@H](CCN3C(=O)OC(C)(C)C)C2)cc1. The fraction of sp³-hybridized carbons (Fsp3) is 0.652. The van der Waals surface area contributed by atoms with Gasteiger partial charge in [-0.15, -0.1) is 0 Å². The van der Waals surface area contributed by atoms with Crippen LogP contribution in [0.15, 0.2) is 24.3 Å². The van der Waals surface area contributed by atoms with Crippen LogP contribution in [0.3, 0.4) is 0 Å². The van der Waals surface area contributed by atoms with Crippen molar-refractivity contribution in [2.24, 2.45) is 5.92 Å². The van der Waals surface area contributed by atoms with E-state index in [0.717, 1.165) is 31.7 Å². The van der Waals surface area contributed by atoms with Gasteiger partial charge in [-0.3, -0.25) is 4.79 Å². The lowest BCUT2D eigenvalue weighted by Gasteiger charge is -2.38. The highest BCUT2D eigenvalue weighted by atomic mass is 16.6. The first-order valence-corrected chi connectivity index (χ1v) is 10.7. The average Bonchev–Trinajstić information content (AvgIpc) is 3.08. The van der Waals surface area contributed by atoms with Crippen LogP contribution in [0.2, 0.25) is 0 Å². The molecule has 1 aromatic carbocycles. The highest BCUT2D eigenvalue weighted by Crippen LogP contribution is 2.32. The van der Waals surface area contributed by atoms with E-state index in [1.807, 2.05) is 61.8 Å². The first kappa shape index (κ1) is 21.5. The summed E-state index contributed by atoms with van der Waals surface area (Å²) < 4.78 is 11.3. The Balaban J connectivity index is 1.41. The zero-order valence-electron chi connectivity index (χ0n) is 18.1. The van der Waals surface area contributed by atoms with Crippen molar-refractivity contribution in [1.29, 1.82) is 0 Å². The van der Waals surface area contributed by atoms with Crippen molar-refractivity contribution in [3.05, 3.63) is 29.8 Å². The maximum Gasteiger partial charge on any atom is 0.410 e. The highest BCUT2D eigenvalue weighted by Gasteiger charge is 2.42. The molecule has 0 aromatic heterocycles. The largest absolute Gasteiger partial charge is 0.494 e. The van der Waals surface area contributed by atoms with Crippen molar-refractivity contribution >= 4 is 12.0 Å². The summed E-state index contributed by atoms with van der Waals surface area (Å²) >= 11 is 0. The third-order valence-electron chi connectivity index (χ3n) is 5.64. The maximum absolute atomic E-state index is 12.6. The van der Waals surface area contributed by atoms with Crippen molar-refractivity contribution in [2.75, 3.05) is 26.2 Å². The van der Waals surface area contributed by atoms with Crippen molar-refractivity contribution in [3.8, 4) is 5.75 Å². The molecule has 0 radical (unpaired) electrons. The molecule has 0 N–H and O–H groups in total. The smallest absolute Gasteiger partial charge is 0.410 e. The summed E-state index contributed by atoms with van der Waals surface area (Å²) in [4.78, 5) is 28.9. The molecular weight excluding hydrogens is 368 g/mol. The zero-order chi connectivity index (χ0) is 21.0. The van der Waals surface area contributed by atoms with Gasteiger partial charge in [0.1, 0.15) is 11.4 Å². The quantitative estimate of drug-likeness (QED) is 0.698. The van der Waals surface area contributed by atoms with Gasteiger partial charge in [0.2, 0.25) is 5.91 Å². The second-order valence-electron chi connectivity index (χ2n) is 9.18. The summed E-state index contributed by atoms with van der Waals surface area (Å²) in [6.45, 7) is 10.4. The molecule has 2 aliphatic heterocycles. The van der Waals surface area contributed by atoms with Crippen LogP contribution in [0.25, 0.3) is 0 Å². The molecule has 160 valence electrons. The van der Waals surface area contributed by atoms with Crippen LogP contribution < -0.4 is 4.74 Å². The van der Waals surface area contributed by atoms with Crippen LogP contribution >= 0.6 is 0 Å². The molecule has 2 heterocycles. The van der Waals surface area contributed by atoms with Gasteiger partial charge in [0.05, 0.1) is 6.61 Å². The molecule has 29 heavy (non-hydrogen) atoms. The van der Waals surface area contributed by atoms with Gasteiger partial charge in [-0.1, -0.05) is 17.7 Å². The van der Waals surface area contributed by atoms with Crippen LogP contribution in [0.5, 0.6) is 5.75 Å². The van der Waals surface area contributed by atoms with Gasteiger partial charge in [-0.05, 0) is 65.0 Å². The lowest BCUT2D eigenvalue weighted by atomic mass is 9.92. The van der Waals surface area contributed by atoms with E-state index in [1.54, 1.807) is 0 Å². The first-order valence-electron chi connectivity index (χ1n) is 10.7. The van der Waals surface area contributed by atoms with E-state index >= 15 is 0 Å². The van der Waals surface area contributed by atoms with Gasteiger partial charge in [-0.2, -0.15) is 0 Å². The number of carbonyl (C=O) groups excluding carboxylic acids is 2. The Morgan fingerprint density at radius 2 is 1.83 bits per heavy atom. The van der Waals surface area contributed by atoms with Crippen LogP contribution in [0.1, 0.15) is 52.0 Å². The van der Waals surface area contributed by atoms with Crippen molar-refractivity contribution in [3.63, 3.8) is 0 Å². The predicted octanol–water partition coefficient (Wildman–Crippen LogP) is 4.01. The van der Waals surface area contributed by atoms with Crippen molar-refractivity contribution in [1.82, 2.24) is 9.80 Å². The molecule has 2 fully saturated rings. The van der Waals surface area contributed by atoms with Crippen LogP contribution in [0, 0.1) is 12.8 Å². The lowest BCUT2D eigenvalue weighted by Crippen LogP contribution is -2.50. The number of likely N-dealkylation sites (tertiary alicyclic amines) is 2. The lowest BCUT2D eigenvalue weighted by molar-refractivity contribution is -0.133. The van der Waals surface area contributed by atoms with Crippen LogP contribution in [-0.2, 0) is 9.53 Å². The highest BCUT2D eigenvalue weighted by molar-refractivity contribution is 5.76. The number of carbonyl (C=O) groups is 2. The molecule has 0 aliphatic carbocycles. The molecule has 3 rings (SSSR count). The molecule has 0 unspecified atom stereocenters. The minimum absolute atomic E-state index is 0.187. The Morgan fingerprint density at radius 3 is 2.52 bits per heavy atom. The number of fused-ring (bicyclic) bond motifs is 1. The molecule has 2 atom stereocenters. The number of nitrogens with zero attached hydrogens (tertiary/aromatic N) is 2. The molecule has 1 aromatic rings. The zero-order valence-corrected chi connectivity index (χ0v) is 18.1. The number of hydrogen-bond acceptors (Lipinski definition) is 4. The normalized spacial score (nSPS) is 21.7. The van der Waals surface area contributed by atoms with Crippen LogP contribution in [-0.4, -0.2) is 59.7 Å². The van der Waals surface area contributed by atoms with E-state index in [1.165, 1.54) is 5.56 Å². The standard InChI is InChI=1S/C23H34N2O4/c1-17-7-9-19(10-8-17)28-15-5-6-21(26)24-13-12-20-18(16-24)11-14-25(20)22(27)29-23(2,3)4/h7-10,18,20H,5-6,11-16H2,1-4H3/t18-,20+/m0/s1. The number of piperidine rings is 1. The van der Waals surface area contributed by atoms with Gasteiger partial charge in [0.15, 0.2) is 0 Å². The van der Waals surface area contributed by atoms with E-state index in [2.05, 4.69) is 0 Å². The minimum atomic E-state index is -0.480. The van der Waals surface area contributed by atoms with E-state index in [-0.39, 0.29) is 18.0 Å². The molecule has 2 amide bonds. The Bertz CT molecular complexity index is 711. The Labute approximate surface area is 174 Å². The average molecular weight is 403 g/mol. The van der Waals surface area contributed by atoms with Crippen LogP contribution in [0.4, 0.5) is 4.79 Å². The Morgan fingerprint density at radius 1 is 1.10 bits per heavy atom. The summed E-state index contributed by atoms with van der Waals surface area (Å²) in [5, 5.41) is 0. The number of benzene rings is 1. The van der Waals surface area contributed by atoms with E-state index in [0.29, 0.717) is 31.9 Å². The van der Waals surface area contributed by atoms with Gasteiger partial charge < -0.3 is 19.3 Å². The number of aryl methyl sites for hydroxylation is 1. The molecule has 6 heteroatoms. The monoisotopic (exact) mass is 402 g/mol. The molecule has 0 bridgehead atoms. The molecule has 2 aliphatic rings. The Hall–Kier alpha value is -2.24. The van der Waals surface area contributed by atoms with Gasteiger partial charge in [-0.25, -0.2) is 4.79 Å². The van der Waals surface area contributed by atoms with E-state index < -0.39 is 5.60 Å². The summed E-state index contributed by atoms with van der Waals surface area (Å²) in [6, 6.07) is 8.15. The predicted molar refractivity (Wildman–Crippen MR) is 112 cm³/mol. The summed E-state index contributed by atoms with van der Waals surface area (Å²) in [7, 11) is 0. The molecular formula is C23H34N2O4. The molecule has 2 saturated heterocycles. The molecule has 0 saturated carbocycles. The fourth-order valence-corrected chi connectivity index (χ4v) is 4.16. The third kappa shape index (κ3) is 5.87. The third-order valence-corrected chi connectivity index (χ3v) is 5.64. The van der Waals surface area contributed by atoms with E-state index in [9.17, 15) is 9.59 Å². The van der Waals surface area contributed by atoms with Gasteiger partial charge in [0, 0.05) is 32.1 Å². The summed E-state index contributed by atoms with van der Waals surface area (Å²) in [5.74, 6) is 1.38. The number of hydrogen-bond donors (Lipinski definition) is 0. The molecule has 0 spiro atoms. The maximum atomic E-state index is 12.6. The van der Waals surface area contributed by atoms with Gasteiger partial charge >= 0.3 is 6.09 Å². The second kappa shape index (κ2) is 9.06. The topological polar surface area (TPSA) is 59.1 Å². The fourth-order valence-electron chi connectivity index (χ4n) is 4.16. The number of rotatable bonds is 5. The Kier molecular flexibility index (Phi) is 6.70. The number of amides is 2. The van der Waals surface area contributed by atoms with Crippen molar-refractivity contribution < 1.29 is 19.1 Å². The van der Waals surface area contributed by atoms with Crippen molar-refractivity contribution in [2.45, 2.75) is 65.0 Å². The summed E-state index contributed by atoms with van der Waals surface area (Å²) in [5.41, 5.74) is 0.722. The van der Waals surface area contributed by atoms with Gasteiger partial charge in [0.25, 0.3) is 0 Å².